The third kappa shape index (κ3) is 2.73. The van der Waals surface area contributed by atoms with E-state index in [0.29, 0.717) is 0 Å². The van der Waals surface area contributed by atoms with Crippen molar-refractivity contribution >= 4 is 16.7 Å². The van der Waals surface area contributed by atoms with Crippen LogP contribution in [0.3, 0.4) is 0 Å². The van der Waals surface area contributed by atoms with Crippen LogP contribution in [0.1, 0.15) is 5.56 Å². The summed E-state index contributed by atoms with van der Waals surface area (Å²) in [4.78, 5) is 4.58. The molecular formula is C15H16N4. The van der Waals surface area contributed by atoms with Crippen molar-refractivity contribution in [3.63, 3.8) is 0 Å². The molecule has 0 aliphatic rings. The number of aryl methyl sites for hydroxylation is 1. The highest BCUT2D eigenvalue weighted by molar-refractivity contribution is 5.79. The number of nitrogens with zero attached hydrogens (tertiary/aromatic N) is 3. The summed E-state index contributed by atoms with van der Waals surface area (Å²) in [5.41, 5.74) is 2.25. The van der Waals surface area contributed by atoms with Crippen molar-refractivity contribution in [2.24, 2.45) is 7.05 Å². The number of nitrogens with one attached hydrogen (secondary N) is 1. The molecule has 3 aromatic rings. The van der Waals surface area contributed by atoms with Crippen LogP contribution >= 0.6 is 0 Å². The van der Waals surface area contributed by atoms with Gasteiger partial charge in [-0.25, -0.2) is 4.98 Å². The van der Waals surface area contributed by atoms with E-state index in [2.05, 4.69) is 27.5 Å². The Labute approximate surface area is 112 Å². The van der Waals surface area contributed by atoms with Gasteiger partial charge in [0, 0.05) is 25.2 Å². The number of fused-ring (bicyclic) bond motifs is 1. The molecule has 2 aromatic heterocycles. The van der Waals surface area contributed by atoms with Gasteiger partial charge in [-0.15, -0.1) is 0 Å². The lowest BCUT2D eigenvalue weighted by atomic mass is 10.2. The van der Waals surface area contributed by atoms with Crippen LogP contribution in [-0.4, -0.2) is 21.3 Å². The van der Waals surface area contributed by atoms with E-state index in [1.54, 1.807) is 0 Å². The smallest absolute Gasteiger partial charge is 0.126 e. The van der Waals surface area contributed by atoms with E-state index in [9.17, 15) is 0 Å². The molecule has 19 heavy (non-hydrogen) atoms. The van der Waals surface area contributed by atoms with Crippen LogP contribution in [0, 0.1) is 0 Å². The van der Waals surface area contributed by atoms with E-state index in [4.69, 9.17) is 0 Å². The van der Waals surface area contributed by atoms with E-state index < -0.39 is 0 Å². The molecular weight excluding hydrogens is 236 g/mol. The Bertz CT molecular complexity index is 687. The second-order valence-electron chi connectivity index (χ2n) is 4.59. The Balaban J connectivity index is 1.65. The highest BCUT2D eigenvalue weighted by Crippen LogP contribution is 2.14. The Hall–Kier alpha value is -2.36. The minimum atomic E-state index is 0.858. The molecule has 0 fully saturated rings. The Morgan fingerprint density at radius 2 is 2.05 bits per heavy atom. The Morgan fingerprint density at radius 3 is 2.89 bits per heavy atom. The minimum absolute atomic E-state index is 0.858. The number of para-hydroxylation sites is 1. The maximum Gasteiger partial charge on any atom is 0.126 e. The zero-order chi connectivity index (χ0) is 13.1. The summed E-state index contributed by atoms with van der Waals surface area (Å²) in [5, 5.41) is 8.67. The zero-order valence-corrected chi connectivity index (χ0v) is 10.9. The van der Waals surface area contributed by atoms with Crippen LogP contribution < -0.4 is 5.32 Å². The number of rotatable bonds is 4. The fourth-order valence-electron chi connectivity index (χ4n) is 2.10. The van der Waals surface area contributed by atoms with Crippen LogP contribution in [0.25, 0.3) is 10.9 Å². The van der Waals surface area contributed by atoms with Gasteiger partial charge in [-0.05, 0) is 30.2 Å². The summed E-state index contributed by atoms with van der Waals surface area (Å²) in [7, 11) is 1.93. The van der Waals surface area contributed by atoms with Gasteiger partial charge in [0.25, 0.3) is 0 Å². The number of hydrogen-bond donors (Lipinski definition) is 1. The monoisotopic (exact) mass is 252 g/mol. The first kappa shape index (κ1) is 11.7. The van der Waals surface area contributed by atoms with Gasteiger partial charge in [0.2, 0.25) is 0 Å². The molecule has 96 valence electrons. The van der Waals surface area contributed by atoms with Crippen LogP contribution in [0.2, 0.25) is 0 Å². The third-order valence-electron chi connectivity index (χ3n) is 3.08. The quantitative estimate of drug-likeness (QED) is 0.776. The molecule has 2 heterocycles. The first-order valence-corrected chi connectivity index (χ1v) is 6.38. The number of pyridine rings is 1. The zero-order valence-electron chi connectivity index (χ0n) is 10.9. The molecule has 0 saturated heterocycles. The molecule has 0 atom stereocenters. The molecule has 3 rings (SSSR count). The summed E-state index contributed by atoms with van der Waals surface area (Å²) in [6, 6.07) is 12.2. The molecule has 0 amide bonds. The van der Waals surface area contributed by atoms with Crippen molar-refractivity contribution in [1.82, 2.24) is 14.8 Å². The van der Waals surface area contributed by atoms with E-state index in [1.807, 2.05) is 48.4 Å². The maximum atomic E-state index is 4.58. The summed E-state index contributed by atoms with van der Waals surface area (Å²) in [6.45, 7) is 0.858. The first-order chi connectivity index (χ1) is 9.31. The largest absolute Gasteiger partial charge is 0.370 e. The summed E-state index contributed by atoms with van der Waals surface area (Å²) in [5.74, 6) is 0.919. The lowest BCUT2D eigenvalue weighted by Gasteiger charge is -2.05. The second-order valence-corrected chi connectivity index (χ2v) is 4.59. The molecule has 0 unspecified atom stereocenters. The molecule has 0 radical (unpaired) electrons. The molecule has 4 nitrogen and oxygen atoms in total. The van der Waals surface area contributed by atoms with Crippen LogP contribution in [0.15, 0.2) is 48.8 Å². The third-order valence-corrected chi connectivity index (χ3v) is 3.08. The van der Waals surface area contributed by atoms with E-state index in [1.165, 1.54) is 10.9 Å². The SMILES string of the molecule is Cn1cc(CCNc2ccc3ccccc3n2)cn1. The van der Waals surface area contributed by atoms with E-state index in [-0.39, 0.29) is 0 Å². The van der Waals surface area contributed by atoms with Crippen LogP contribution in [0.4, 0.5) is 5.82 Å². The molecule has 0 saturated carbocycles. The molecule has 0 aliphatic carbocycles. The number of anilines is 1. The summed E-state index contributed by atoms with van der Waals surface area (Å²) >= 11 is 0. The van der Waals surface area contributed by atoms with Crippen LogP contribution in [0.5, 0.6) is 0 Å². The predicted octanol–water partition coefficient (Wildman–Crippen LogP) is 2.62. The average Bonchev–Trinajstić information content (AvgIpc) is 2.84. The minimum Gasteiger partial charge on any atom is -0.370 e. The average molecular weight is 252 g/mol. The summed E-state index contributed by atoms with van der Waals surface area (Å²) < 4.78 is 1.82. The molecule has 0 spiro atoms. The maximum absolute atomic E-state index is 4.58. The van der Waals surface area contributed by atoms with Crippen molar-refractivity contribution in [3.05, 3.63) is 54.4 Å². The number of aromatic nitrogens is 3. The molecule has 0 aliphatic heterocycles. The highest BCUT2D eigenvalue weighted by Gasteiger charge is 1.99. The van der Waals surface area contributed by atoms with E-state index in [0.717, 1.165) is 24.3 Å². The van der Waals surface area contributed by atoms with Crippen molar-refractivity contribution in [2.75, 3.05) is 11.9 Å². The van der Waals surface area contributed by atoms with Crippen molar-refractivity contribution in [3.8, 4) is 0 Å². The van der Waals surface area contributed by atoms with Gasteiger partial charge in [0.15, 0.2) is 0 Å². The van der Waals surface area contributed by atoms with E-state index >= 15 is 0 Å². The lowest BCUT2D eigenvalue weighted by Crippen LogP contribution is -2.05. The molecule has 4 heteroatoms. The van der Waals surface area contributed by atoms with Crippen molar-refractivity contribution in [1.29, 1.82) is 0 Å². The van der Waals surface area contributed by atoms with Gasteiger partial charge >= 0.3 is 0 Å². The number of benzene rings is 1. The van der Waals surface area contributed by atoms with Gasteiger partial charge in [-0.3, -0.25) is 4.68 Å². The van der Waals surface area contributed by atoms with Gasteiger partial charge in [0.1, 0.15) is 5.82 Å². The predicted molar refractivity (Wildman–Crippen MR) is 77.1 cm³/mol. The lowest BCUT2D eigenvalue weighted by molar-refractivity contribution is 0.767. The van der Waals surface area contributed by atoms with Gasteiger partial charge in [-0.2, -0.15) is 5.10 Å². The fourth-order valence-corrected chi connectivity index (χ4v) is 2.10. The normalized spacial score (nSPS) is 10.8. The highest BCUT2D eigenvalue weighted by atomic mass is 15.2. The van der Waals surface area contributed by atoms with Crippen LogP contribution in [-0.2, 0) is 13.5 Å². The standard InChI is InChI=1S/C15H16N4/c1-19-11-12(10-17-19)8-9-16-15-7-6-13-4-2-3-5-14(13)18-15/h2-7,10-11H,8-9H2,1H3,(H,16,18). The van der Waals surface area contributed by atoms with Crippen molar-refractivity contribution in [2.45, 2.75) is 6.42 Å². The fraction of sp³-hybridized carbons (Fsp3) is 0.200. The van der Waals surface area contributed by atoms with Crippen molar-refractivity contribution < 1.29 is 0 Å². The van der Waals surface area contributed by atoms with Gasteiger partial charge in [-0.1, -0.05) is 18.2 Å². The molecule has 1 aromatic carbocycles. The molecule has 1 N–H and O–H groups in total. The van der Waals surface area contributed by atoms with Gasteiger partial charge in [0.05, 0.1) is 11.7 Å². The Morgan fingerprint density at radius 1 is 1.16 bits per heavy atom. The first-order valence-electron chi connectivity index (χ1n) is 6.38. The second kappa shape index (κ2) is 5.10. The Kier molecular flexibility index (Phi) is 3.14. The topological polar surface area (TPSA) is 42.7 Å². The van der Waals surface area contributed by atoms with Gasteiger partial charge < -0.3 is 5.32 Å². The number of hydrogen-bond acceptors (Lipinski definition) is 3. The summed E-state index contributed by atoms with van der Waals surface area (Å²) in [6.07, 6.45) is 4.88. The molecule has 0 bridgehead atoms.